The van der Waals surface area contributed by atoms with Gasteiger partial charge in [0.2, 0.25) is 0 Å². The van der Waals surface area contributed by atoms with E-state index in [1.54, 1.807) is 7.11 Å². The van der Waals surface area contributed by atoms with Crippen molar-refractivity contribution in [1.29, 1.82) is 0 Å². The van der Waals surface area contributed by atoms with E-state index in [1.165, 1.54) is 43.1 Å². The van der Waals surface area contributed by atoms with Gasteiger partial charge in [0, 0.05) is 22.7 Å². The van der Waals surface area contributed by atoms with Crippen LogP contribution in [0.2, 0.25) is 0 Å². The van der Waals surface area contributed by atoms with Crippen LogP contribution in [-0.4, -0.2) is 18.6 Å². The normalized spacial score (nSPS) is 16.9. The molecule has 0 spiro atoms. The summed E-state index contributed by atoms with van der Waals surface area (Å²) in [5.74, 6) is 1.87. The monoisotopic (exact) mass is 341 g/mol. The van der Waals surface area contributed by atoms with Crippen LogP contribution in [0.4, 0.5) is 5.69 Å². The van der Waals surface area contributed by atoms with E-state index in [0.717, 1.165) is 36.3 Å². The molecule has 0 aliphatic heterocycles. The van der Waals surface area contributed by atoms with E-state index >= 15 is 0 Å². The Bertz CT molecular complexity index is 723. The summed E-state index contributed by atoms with van der Waals surface area (Å²) in [5.41, 5.74) is 16.0. The number of hydrogen-bond acceptors (Lipinski definition) is 4. The number of pyridine rings is 1. The van der Waals surface area contributed by atoms with E-state index in [9.17, 15) is 0 Å². The molecule has 4 nitrogen and oxygen atoms in total. The molecular weight excluding hydrogens is 310 g/mol. The molecule has 1 aromatic carbocycles. The van der Waals surface area contributed by atoms with Gasteiger partial charge in [-0.2, -0.15) is 0 Å². The molecule has 3 rings (SSSR count). The van der Waals surface area contributed by atoms with Crippen molar-refractivity contribution in [1.82, 2.24) is 4.98 Å². The molecule has 136 valence electrons. The maximum atomic E-state index is 6.34. The lowest BCUT2D eigenvalue weighted by atomic mass is 9.81. The average Bonchev–Trinajstić information content (AvgIpc) is 2.66. The molecule has 1 unspecified atom stereocenters. The highest BCUT2D eigenvalue weighted by atomic mass is 16.5. The van der Waals surface area contributed by atoms with Crippen LogP contribution in [0, 0.1) is 0 Å². The zero-order valence-corrected chi connectivity index (χ0v) is 15.6. The molecule has 0 bridgehead atoms. The van der Waals surface area contributed by atoms with Crippen LogP contribution in [-0.2, 0) is 0 Å². The van der Waals surface area contributed by atoms with Crippen molar-refractivity contribution in [2.45, 2.75) is 63.7 Å². The van der Waals surface area contributed by atoms with E-state index in [1.807, 2.05) is 6.07 Å². The fourth-order valence-electron chi connectivity index (χ4n) is 4.16. The number of ether oxygens (including phenoxy) is 1. The minimum Gasteiger partial charge on any atom is -0.496 e. The van der Waals surface area contributed by atoms with Crippen LogP contribution in [0.3, 0.4) is 0 Å². The van der Waals surface area contributed by atoms with Crippen molar-refractivity contribution in [2.75, 3.05) is 19.4 Å². The number of benzene rings is 1. The molecule has 1 saturated carbocycles. The molecule has 2 aromatic rings. The predicted molar refractivity (Wildman–Crippen MR) is 105 cm³/mol. The second kappa shape index (κ2) is 8.05. The summed E-state index contributed by atoms with van der Waals surface area (Å²) in [5, 5.41) is 1.17. The van der Waals surface area contributed by atoms with Crippen molar-refractivity contribution < 1.29 is 4.74 Å². The first kappa shape index (κ1) is 18.0. The van der Waals surface area contributed by atoms with Gasteiger partial charge in [0.25, 0.3) is 0 Å². The molecule has 0 saturated heterocycles. The zero-order valence-electron chi connectivity index (χ0n) is 15.6. The summed E-state index contributed by atoms with van der Waals surface area (Å²) in [6.07, 6.45) is 8.45. The molecule has 1 aliphatic rings. The minimum absolute atomic E-state index is 0.396. The summed E-state index contributed by atoms with van der Waals surface area (Å²) >= 11 is 0. The number of fused-ring (bicyclic) bond motifs is 1. The van der Waals surface area contributed by atoms with Crippen molar-refractivity contribution in [2.24, 2.45) is 5.73 Å². The van der Waals surface area contributed by atoms with Gasteiger partial charge in [0.05, 0.1) is 18.3 Å². The molecule has 0 amide bonds. The average molecular weight is 341 g/mol. The standard InChI is InChI=1S/C21H31N3O/c1-14(7-6-12-22)18-11-10-16-20(15-8-4-3-5-9-15)19(25-2)13-17(23)21(16)24-18/h10-11,13-15H,3-9,12,22-23H2,1-2H3. The van der Waals surface area contributed by atoms with Gasteiger partial charge in [-0.15, -0.1) is 0 Å². The van der Waals surface area contributed by atoms with Crippen molar-refractivity contribution in [3.05, 3.63) is 29.5 Å². The number of anilines is 1. The highest BCUT2D eigenvalue weighted by Gasteiger charge is 2.23. The number of hydrogen-bond donors (Lipinski definition) is 2. The third-order valence-electron chi connectivity index (χ3n) is 5.61. The summed E-state index contributed by atoms with van der Waals surface area (Å²) < 4.78 is 5.70. The van der Waals surface area contributed by atoms with Gasteiger partial charge in [0.1, 0.15) is 5.75 Å². The van der Waals surface area contributed by atoms with Crippen LogP contribution in [0.5, 0.6) is 5.75 Å². The number of rotatable bonds is 6. The van der Waals surface area contributed by atoms with Crippen LogP contribution < -0.4 is 16.2 Å². The number of nitrogens with two attached hydrogens (primary N) is 2. The van der Waals surface area contributed by atoms with Gasteiger partial charge in [-0.1, -0.05) is 32.3 Å². The highest BCUT2D eigenvalue weighted by Crippen LogP contribution is 2.43. The Morgan fingerprint density at radius 3 is 2.68 bits per heavy atom. The zero-order chi connectivity index (χ0) is 17.8. The molecule has 1 aliphatic carbocycles. The van der Waals surface area contributed by atoms with Crippen LogP contribution in [0.1, 0.15) is 75.0 Å². The van der Waals surface area contributed by atoms with Crippen LogP contribution >= 0.6 is 0 Å². The van der Waals surface area contributed by atoms with Crippen LogP contribution in [0.15, 0.2) is 18.2 Å². The lowest BCUT2D eigenvalue weighted by molar-refractivity contribution is 0.389. The van der Waals surface area contributed by atoms with Gasteiger partial charge < -0.3 is 16.2 Å². The Hall–Kier alpha value is -1.81. The van der Waals surface area contributed by atoms with E-state index < -0.39 is 0 Å². The van der Waals surface area contributed by atoms with Gasteiger partial charge in [-0.3, -0.25) is 4.98 Å². The van der Waals surface area contributed by atoms with Crippen molar-refractivity contribution in [3.63, 3.8) is 0 Å². The molecule has 1 aromatic heterocycles. The maximum Gasteiger partial charge on any atom is 0.125 e. The fraction of sp³-hybridized carbons (Fsp3) is 0.571. The second-order valence-corrected chi connectivity index (χ2v) is 7.38. The highest BCUT2D eigenvalue weighted by molar-refractivity contribution is 5.94. The second-order valence-electron chi connectivity index (χ2n) is 7.38. The van der Waals surface area contributed by atoms with Gasteiger partial charge in [-0.05, 0) is 50.1 Å². The lowest BCUT2D eigenvalue weighted by Crippen LogP contribution is -2.09. The molecule has 1 fully saturated rings. The van der Waals surface area contributed by atoms with Gasteiger partial charge >= 0.3 is 0 Å². The third-order valence-corrected chi connectivity index (χ3v) is 5.61. The Morgan fingerprint density at radius 1 is 1.24 bits per heavy atom. The third kappa shape index (κ3) is 3.74. The van der Waals surface area contributed by atoms with E-state index in [0.29, 0.717) is 17.5 Å². The smallest absolute Gasteiger partial charge is 0.125 e. The molecule has 4 N–H and O–H groups in total. The number of nitrogens with zero attached hydrogens (tertiary/aromatic N) is 1. The SMILES string of the molecule is COc1cc(N)c2nc(C(C)CCCN)ccc2c1C1CCCCC1. The predicted octanol–water partition coefficient (Wildman–Crippen LogP) is 4.72. The first-order valence-electron chi connectivity index (χ1n) is 9.62. The molecular formula is C21H31N3O. The first-order valence-corrected chi connectivity index (χ1v) is 9.62. The quantitative estimate of drug-likeness (QED) is 0.746. The largest absolute Gasteiger partial charge is 0.496 e. The summed E-state index contributed by atoms with van der Waals surface area (Å²) in [7, 11) is 1.74. The molecule has 1 atom stereocenters. The van der Waals surface area contributed by atoms with Gasteiger partial charge in [0.15, 0.2) is 0 Å². The Labute approximate surface area is 150 Å². The van der Waals surface area contributed by atoms with Gasteiger partial charge in [-0.25, -0.2) is 0 Å². The maximum absolute atomic E-state index is 6.34. The number of nitrogen functional groups attached to an aromatic ring is 1. The lowest BCUT2D eigenvalue weighted by Gasteiger charge is -2.26. The minimum atomic E-state index is 0.396. The summed E-state index contributed by atoms with van der Waals surface area (Å²) in [4.78, 5) is 4.94. The van der Waals surface area contributed by atoms with E-state index in [-0.39, 0.29) is 0 Å². The van der Waals surface area contributed by atoms with E-state index in [2.05, 4.69) is 19.1 Å². The first-order chi connectivity index (χ1) is 12.2. The number of methoxy groups -OCH3 is 1. The summed E-state index contributed by atoms with van der Waals surface area (Å²) in [6, 6.07) is 6.34. The van der Waals surface area contributed by atoms with Crippen molar-refractivity contribution >= 4 is 16.6 Å². The fourth-order valence-corrected chi connectivity index (χ4v) is 4.16. The summed E-state index contributed by atoms with van der Waals surface area (Å²) in [6.45, 7) is 2.94. The Morgan fingerprint density at radius 2 is 2.00 bits per heavy atom. The molecule has 1 heterocycles. The Balaban J connectivity index is 2.06. The van der Waals surface area contributed by atoms with Crippen LogP contribution in [0.25, 0.3) is 10.9 Å². The van der Waals surface area contributed by atoms with Crippen molar-refractivity contribution in [3.8, 4) is 5.75 Å². The Kier molecular flexibility index (Phi) is 5.79. The molecule has 4 heteroatoms. The molecule has 0 radical (unpaired) electrons. The van der Waals surface area contributed by atoms with E-state index in [4.69, 9.17) is 21.2 Å². The number of aromatic nitrogens is 1. The topological polar surface area (TPSA) is 74.2 Å². The molecule has 25 heavy (non-hydrogen) atoms.